The number of hydrogen-bond donors (Lipinski definition) is 2. The van der Waals surface area contributed by atoms with Gasteiger partial charge in [0.2, 0.25) is 0 Å². The Hall–Kier alpha value is -1.34. The largest absolute Gasteiger partial charge is 0.379 e. The fourth-order valence-electron chi connectivity index (χ4n) is 3.97. The zero-order chi connectivity index (χ0) is 23.2. The van der Waals surface area contributed by atoms with E-state index in [1.807, 2.05) is 6.20 Å². The number of nitrogens with one attached hydrogen (secondary N) is 2. The van der Waals surface area contributed by atoms with E-state index in [2.05, 4.69) is 68.3 Å². The number of aromatic amines is 1. The van der Waals surface area contributed by atoms with Crippen LogP contribution in [0.3, 0.4) is 0 Å². The van der Waals surface area contributed by atoms with Gasteiger partial charge in [-0.15, -0.1) is 0 Å². The van der Waals surface area contributed by atoms with Crippen LogP contribution in [0.5, 0.6) is 0 Å². The fourth-order valence-corrected chi connectivity index (χ4v) is 4.39. The summed E-state index contributed by atoms with van der Waals surface area (Å²) in [6.45, 7) is 13.4. The topological polar surface area (TPSA) is 59.2 Å². The van der Waals surface area contributed by atoms with Crippen molar-refractivity contribution in [2.24, 2.45) is 11.8 Å². The van der Waals surface area contributed by atoms with E-state index >= 15 is 0 Å². The number of imidazole rings is 1. The molecule has 2 N–H and O–H groups in total. The first-order chi connectivity index (χ1) is 15.6. The van der Waals surface area contributed by atoms with Crippen molar-refractivity contribution in [2.45, 2.75) is 72.6 Å². The molecule has 0 amide bonds. The number of ether oxygens (including phenoxy) is 1. The van der Waals surface area contributed by atoms with Crippen LogP contribution in [0.25, 0.3) is 0 Å². The Labute approximate surface area is 199 Å². The molecule has 0 saturated carbocycles. The first-order valence-corrected chi connectivity index (χ1v) is 13.1. The van der Waals surface area contributed by atoms with E-state index in [1.165, 1.54) is 60.8 Å². The van der Waals surface area contributed by atoms with Gasteiger partial charge in [0.05, 0.1) is 19.5 Å². The Morgan fingerprint density at radius 2 is 2.00 bits per heavy atom. The minimum absolute atomic E-state index is 0.154. The molecule has 5 nitrogen and oxygen atoms in total. The lowest BCUT2D eigenvalue weighted by molar-refractivity contribution is 0.139. The number of aromatic nitrogens is 2. The Kier molecular flexibility index (Phi) is 13.0. The van der Waals surface area contributed by atoms with Gasteiger partial charge in [-0.1, -0.05) is 58.2 Å². The summed E-state index contributed by atoms with van der Waals surface area (Å²) < 4.78 is 11.6. The highest BCUT2D eigenvalue weighted by atomic mass is 32.2. The van der Waals surface area contributed by atoms with E-state index in [9.17, 15) is 0 Å². The maximum atomic E-state index is 6.04. The van der Waals surface area contributed by atoms with Gasteiger partial charge in [0, 0.05) is 42.1 Å². The molecule has 3 atom stereocenters. The average Bonchev–Trinajstić information content (AvgIpc) is 3.33. The standard InChI is InChI=1S/C26H43N3O2S/c1-6-9-23(13-12-20(3)7-2)16-29-31-32-15-14-30-18-25(26-17-27-19-28-26)24-11-8-10-21(4)22(24)5/h8,10-11,17,19-20,23,25,29H,6-7,9,12-16,18H2,1-5H3,(H,27,28). The number of benzene rings is 1. The number of nitrogens with zero attached hydrogens (tertiary/aromatic N) is 1. The van der Waals surface area contributed by atoms with Gasteiger partial charge >= 0.3 is 0 Å². The zero-order valence-electron chi connectivity index (χ0n) is 20.7. The highest BCUT2D eigenvalue weighted by Gasteiger charge is 2.18. The molecule has 2 aromatic rings. The van der Waals surface area contributed by atoms with Crippen LogP contribution in [0, 0.1) is 25.7 Å². The Morgan fingerprint density at radius 1 is 1.16 bits per heavy atom. The minimum atomic E-state index is 0.154. The number of aryl methyl sites for hydroxylation is 1. The second-order valence-electron chi connectivity index (χ2n) is 8.92. The van der Waals surface area contributed by atoms with Crippen LogP contribution in [0.15, 0.2) is 30.7 Å². The molecule has 6 heteroatoms. The van der Waals surface area contributed by atoms with Gasteiger partial charge in [-0.05, 0) is 55.2 Å². The van der Waals surface area contributed by atoms with Crippen LogP contribution < -0.4 is 5.48 Å². The van der Waals surface area contributed by atoms with Crippen molar-refractivity contribution in [1.29, 1.82) is 0 Å². The van der Waals surface area contributed by atoms with Crippen LogP contribution in [-0.2, 0) is 9.02 Å². The molecule has 3 unspecified atom stereocenters. The molecule has 0 saturated heterocycles. The van der Waals surface area contributed by atoms with E-state index in [0.29, 0.717) is 19.1 Å². The van der Waals surface area contributed by atoms with Crippen LogP contribution in [0.4, 0.5) is 0 Å². The van der Waals surface area contributed by atoms with Gasteiger partial charge in [0.15, 0.2) is 0 Å². The summed E-state index contributed by atoms with van der Waals surface area (Å²) in [6.07, 6.45) is 9.97. The summed E-state index contributed by atoms with van der Waals surface area (Å²) in [5.41, 5.74) is 8.16. The van der Waals surface area contributed by atoms with E-state index in [4.69, 9.17) is 9.02 Å². The monoisotopic (exact) mass is 461 g/mol. The number of hydrogen-bond acceptors (Lipinski definition) is 5. The lowest BCUT2D eigenvalue weighted by atomic mass is 9.91. The van der Waals surface area contributed by atoms with Crippen LogP contribution in [-0.4, -0.2) is 35.5 Å². The second-order valence-corrected chi connectivity index (χ2v) is 9.73. The molecule has 0 aliphatic rings. The Balaban J connectivity index is 1.68. The molecule has 1 aromatic heterocycles. The molecule has 32 heavy (non-hydrogen) atoms. The molecule has 1 aromatic carbocycles. The lowest BCUT2D eigenvalue weighted by Crippen LogP contribution is -2.22. The van der Waals surface area contributed by atoms with E-state index in [0.717, 1.165) is 23.9 Å². The van der Waals surface area contributed by atoms with Gasteiger partial charge in [-0.2, -0.15) is 5.48 Å². The maximum absolute atomic E-state index is 6.04. The van der Waals surface area contributed by atoms with Gasteiger partial charge in [0.1, 0.15) is 0 Å². The van der Waals surface area contributed by atoms with Gasteiger partial charge in [-0.25, -0.2) is 9.27 Å². The van der Waals surface area contributed by atoms with E-state index < -0.39 is 0 Å². The summed E-state index contributed by atoms with van der Waals surface area (Å²) in [7, 11) is 0. The molecule has 0 aliphatic carbocycles. The smallest absolute Gasteiger partial charge is 0.0921 e. The van der Waals surface area contributed by atoms with Crippen molar-refractivity contribution in [2.75, 3.05) is 25.5 Å². The summed E-state index contributed by atoms with van der Waals surface area (Å²) in [5.74, 6) is 2.46. The molecular formula is C26H43N3O2S. The third kappa shape index (κ3) is 9.26. The third-order valence-electron chi connectivity index (χ3n) is 6.46. The van der Waals surface area contributed by atoms with E-state index in [1.54, 1.807) is 6.33 Å². The van der Waals surface area contributed by atoms with Crippen molar-refractivity contribution in [3.05, 3.63) is 53.1 Å². The maximum Gasteiger partial charge on any atom is 0.0921 e. The van der Waals surface area contributed by atoms with Crippen LogP contribution >= 0.6 is 12.0 Å². The van der Waals surface area contributed by atoms with Crippen molar-refractivity contribution in [1.82, 2.24) is 15.4 Å². The average molecular weight is 462 g/mol. The van der Waals surface area contributed by atoms with Crippen LogP contribution in [0.1, 0.15) is 81.2 Å². The molecule has 2 rings (SSSR count). The fraction of sp³-hybridized carbons (Fsp3) is 0.654. The molecule has 0 bridgehead atoms. The van der Waals surface area contributed by atoms with E-state index in [-0.39, 0.29) is 5.92 Å². The lowest BCUT2D eigenvalue weighted by Gasteiger charge is -2.20. The van der Waals surface area contributed by atoms with Crippen molar-refractivity contribution >= 4 is 12.0 Å². The minimum Gasteiger partial charge on any atom is -0.379 e. The number of rotatable bonds is 17. The molecule has 0 radical (unpaired) electrons. The van der Waals surface area contributed by atoms with Crippen LogP contribution in [0.2, 0.25) is 0 Å². The van der Waals surface area contributed by atoms with Crippen molar-refractivity contribution in [3.8, 4) is 0 Å². The summed E-state index contributed by atoms with van der Waals surface area (Å²) >= 11 is 1.44. The zero-order valence-corrected chi connectivity index (χ0v) is 21.5. The summed E-state index contributed by atoms with van der Waals surface area (Å²) in [6, 6.07) is 6.46. The quantitative estimate of drug-likeness (QED) is 0.158. The molecular weight excluding hydrogens is 418 g/mol. The van der Waals surface area contributed by atoms with Crippen molar-refractivity contribution in [3.63, 3.8) is 0 Å². The Morgan fingerprint density at radius 3 is 2.72 bits per heavy atom. The predicted molar refractivity (Wildman–Crippen MR) is 136 cm³/mol. The molecule has 0 fully saturated rings. The first kappa shape index (κ1) is 26.9. The molecule has 0 spiro atoms. The molecule has 0 aliphatic heterocycles. The van der Waals surface area contributed by atoms with Gasteiger partial charge in [0.25, 0.3) is 0 Å². The SMILES string of the molecule is CCCC(CCC(C)CC)CNOSCCOCC(c1cnc[nH]1)c1cccc(C)c1C. The van der Waals surface area contributed by atoms with Crippen molar-refractivity contribution < 1.29 is 9.02 Å². The highest BCUT2D eigenvalue weighted by Crippen LogP contribution is 2.28. The first-order valence-electron chi connectivity index (χ1n) is 12.2. The Bertz CT molecular complexity index is 739. The second kappa shape index (κ2) is 15.5. The summed E-state index contributed by atoms with van der Waals surface area (Å²) in [5, 5.41) is 0. The third-order valence-corrected chi connectivity index (χ3v) is 7.03. The molecule has 1 heterocycles. The van der Waals surface area contributed by atoms with Gasteiger partial charge in [-0.3, -0.25) is 0 Å². The molecule has 180 valence electrons. The normalized spacial score (nSPS) is 14.4. The highest BCUT2D eigenvalue weighted by molar-refractivity contribution is 7.94. The number of hydroxylamine groups is 1. The summed E-state index contributed by atoms with van der Waals surface area (Å²) in [4.78, 5) is 7.47. The number of H-pyrrole nitrogens is 1. The van der Waals surface area contributed by atoms with Gasteiger partial charge < -0.3 is 9.72 Å². The predicted octanol–water partition coefficient (Wildman–Crippen LogP) is 6.59.